The van der Waals surface area contributed by atoms with Crippen molar-refractivity contribution in [1.29, 1.82) is 0 Å². The lowest BCUT2D eigenvalue weighted by molar-refractivity contribution is -0.118. The molecule has 6 nitrogen and oxygen atoms in total. The number of nitrogens with zero attached hydrogens (tertiary/aromatic N) is 1. The van der Waals surface area contributed by atoms with Crippen molar-refractivity contribution >= 4 is 15.7 Å². The molecule has 0 unspecified atom stereocenters. The number of carbonyl (C=O) groups excluding carboxylic acids is 1. The second-order valence-corrected chi connectivity index (χ2v) is 7.94. The fourth-order valence-corrected chi connectivity index (χ4v) is 4.64. The minimum absolute atomic E-state index is 0.290. The minimum atomic E-state index is -3.25. The second kappa shape index (κ2) is 7.38. The highest BCUT2D eigenvalue weighted by molar-refractivity contribution is 7.92. The Morgan fingerprint density at radius 3 is 2.50 bits per heavy atom. The Kier molecular flexibility index (Phi) is 5.80. The summed E-state index contributed by atoms with van der Waals surface area (Å²) in [5, 5.41) is 5.71. The van der Waals surface area contributed by atoms with Crippen LogP contribution in [0.3, 0.4) is 0 Å². The normalized spacial score (nSPS) is 22.0. The van der Waals surface area contributed by atoms with Gasteiger partial charge in [0.25, 0.3) is 0 Å². The van der Waals surface area contributed by atoms with Crippen molar-refractivity contribution < 1.29 is 13.2 Å². The molecule has 1 aliphatic carbocycles. The zero-order chi connectivity index (χ0) is 14.4. The van der Waals surface area contributed by atoms with E-state index in [1.807, 2.05) is 0 Å². The maximum atomic E-state index is 12.0. The van der Waals surface area contributed by atoms with Gasteiger partial charge in [0.15, 0.2) is 9.84 Å². The van der Waals surface area contributed by atoms with E-state index >= 15 is 0 Å². The van der Waals surface area contributed by atoms with Crippen molar-refractivity contribution in [3.05, 3.63) is 0 Å². The van der Waals surface area contributed by atoms with Crippen LogP contribution in [-0.2, 0) is 14.6 Å². The maximum absolute atomic E-state index is 12.0. The Bertz CT molecular complexity index is 413. The van der Waals surface area contributed by atoms with Crippen molar-refractivity contribution in [3.8, 4) is 0 Å². The molecule has 116 valence electrons. The third-order valence-electron chi connectivity index (χ3n) is 4.10. The molecule has 0 radical (unpaired) electrons. The first-order valence-electron chi connectivity index (χ1n) is 7.49. The van der Waals surface area contributed by atoms with Crippen LogP contribution in [0.2, 0.25) is 0 Å². The van der Waals surface area contributed by atoms with Gasteiger partial charge in [0.05, 0.1) is 5.25 Å². The molecule has 1 amide bonds. The summed E-state index contributed by atoms with van der Waals surface area (Å²) in [6.07, 6.45) is 3.37. The Labute approximate surface area is 121 Å². The first-order valence-corrected chi connectivity index (χ1v) is 9.21. The van der Waals surface area contributed by atoms with Crippen LogP contribution in [0.4, 0.5) is 0 Å². The van der Waals surface area contributed by atoms with E-state index in [0.29, 0.717) is 6.54 Å². The highest BCUT2D eigenvalue weighted by Gasteiger charge is 2.30. The number of sulfone groups is 1. The highest BCUT2D eigenvalue weighted by Crippen LogP contribution is 2.24. The van der Waals surface area contributed by atoms with Crippen LogP contribution in [0, 0.1) is 0 Å². The number of carbonyl (C=O) groups is 1. The van der Waals surface area contributed by atoms with Gasteiger partial charge in [0.1, 0.15) is 5.75 Å². The van der Waals surface area contributed by atoms with Gasteiger partial charge in [-0.2, -0.15) is 0 Å². The predicted octanol–water partition coefficient (Wildman–Crippen LogP) is -0.635. The molecule has 20 heavy (non-hydrogen) atoms. The topological polar surface area (TPSA) is 78.5 Å². The molecule has 1 heterocycles. The molecular weight excluding hydrogens is 278 g/mol. The monoisotopic (exact) mass is 303 g/mol. The fourth-order valence-electron chi connectivity index (χ4n) is 2.89. The van der Waals surface area contributed by atoms with E-state index in [4.69, 9.17) is 0 Å². The summed E-state index contributed by atoms with van der Waals surface area (Å²) < 4.78 is 24.1. The van der Waals surface area contributed by atoms with Gasteiger partial charge in [-0.3, -0.25) is 9.69 Å². The average Bonchev–Trinajstić information content (AvgIpc) is 2.94. The van der Waals surface area contributed by atoms with E-state index in [-0.39, 0.29) is 16.9 Å². The zero-order valence-electron chi connectivity index (χ0n) is 11.9. The van der Waals surface area contributed by atoms with Gasteiger partial charge in [0.2, 0.25) is 5.91 Å². The molecule has 0 aromatic heterocycles. The number of rotatable bonds is 6. The van der Waals surface area contributed by atoms with Crippen LogP contribution >= 0.6 is 0 Å². The number of hydrogen-bond acceptors (Lipinski definition) is 5. The molecule has 1 saturated heterocycles. The van der Waals surface area contributed by atoms with E-state index in [0.717, 1.165) is 58.4 Å². The standard InChI is InChI=1S/C13H25N3O3S/c17-13(11-20(18,19)12-3-1-2-4-12)15-7-10-16-8-5-14-6-9-16/h12,14H,1-11H2,(H,15,17). The van der Waals surface area contributed by atoms with Crippen LogP contribution < -0.4 is 10.6 Å². The molecule has 1 aliphatic heterocycles. The summed E-state index contributed by atoms with van der Waals surface area (Å²) in [5.74, 6) is -0.703. The lowest BCUT2D eigenvalue weighted by atomic mass is 10.3. The van der Waals surface area contributed by atoms with Gasteiger partial charge in [0, 0.05) is 39.3 Å². The first kappa shape index (κ1) is 15.7. The number of amides is 1. The molecule has 0 spiro atoms. The fraction of sp³-hybridized carbons (Fsp3) is 0.923. The van der Waals surface area contributed by atoms with Crippen molar-refractivity contribution in [2.45, 2.75) is 30.9 Å². The van der Waals surface area contributed by atoms with E-state index in [2.05, 4.69) is 15.5 Å². The Balaban J connectivity index is 1.66. The van der Waals surface area contributed by atoms with Gasteiger partial charge in [-0.15, -0.1) is 0 Å². The lowest BCUT2D eigenvalue weighted by Crippen LogP contribution is -2.46. The van der Waals surface area contributed by atoms with Crippen molar-refractivity contribution in [2.24, 2.45) is 0 Å². The molecule has 0 aromatic carbocycles. The molecule has 2 rings (SSSR count). The second-order valence-electron chi connectivity index (χ2n) is 5.66. The molecule has 0 atom stereocenters. The molecule has 2 N–H and O–H groups in total. The van der Waals surface area contributed by atoms with Gasteiger partial charge >= 0.3 is 0 Å². The highest BCUT2D eigenvalue weighted by atomic mass is 32.2. The van der Waals surface area contributed by atoms with Crippen LogP contribution in [-0.4, -0.2) is 69.5 Å². The summed E-state index contributed by atoms with van der Waals surface area (Å²) >= 11 is 0. The zero-order valence-corrected chi connectivity index (χ0v) is 12.8. The SMILES string of the molecule is O=C(CS(=O)(=O)C1CCCC1)NCCN1CCNCC1. The largest absolute Gasteiger partial charge is 0.354 e. The summed E-state index contributed by atoms with van der Waals surface area (Å²) in [7, 11) is -3.25. The van der Waals surface area contributed by atoms with Crippen molar-refractivity contribution in [2.75, 3.05) is 45.0 Å². The molecule has 1 saturated carbocycles. The summed E-state index contributed by atoms with van der Waals surface area (Å²) in [4.78, 5) is 14.0. The molecule has 7 heteroatoms. The Morgan fingerprint density at radius 1 is 1.20 bits per heavy atom. The number of piperazine rings is 1. The average molecular weight is 303 g/mol. The van der Waals surface area contributed by atoms with Crippen LogP contribution in [0.15, 0.2) is 0 Å². The Morgan fingerprint density at radius 2 is 1.85 bits per heavy atom. The molecule has 0 aromatic rings. The van der Waals surface area contributed by atoms with Gasteiger partial charge in [-0.1, -0.05) is 12.8 Å². The van der Waals surface area contributed by atoms with Gasteiger partial charge in [-0.25, -0.2) is 8.42 Å². The lowest BCUT2D eigenvalue weighted by Gasteiger charge is -2.27. The van der Waals surface area contributed by atoms with Crippen molar-refractivity contribution in [1.82, 2.24) is 15.5 Å². The first-order chi connectivity index (χ1) is 9.58. The number of hydrogen-bond donors (Lipinski definition) is 2. The van der Waals surface area contributed by atoms with E-state index in [1.54, 1.807) is 0 Å². The summed E-state index contributed by atoms with van der Waals surface area (Å²) in [6, 6.07) is 0. The van der Waals surface area contributed by atoms with E-state index in [1.165, 1.54) is 0 Å². The van der Waals surface area contributed by atoms with E-state index < -0.39 is 9.84 Å². The quantitative estimate of drug-likeness (QED) is 0.683. The van der Waals surface area contributed by atoms with Crippen LogP contribution in [0.1, 0.15) is 25.7 Å². The number of nitrogens with one attached hydrogen (secondary N) is 2. The molecule has 2 fully saturated rings. The maximum Gasteiger partial charge on any atom is 0.235 e. The Hall–Kier alpha value is -0.660. The summed E-state index contributed by atoms with van der Waals surface area (Å²) in [5.41, 5.74) is 0. The molecular formula is C13H25N3O3S. The van der Waals surface area contributed by atoms with Gasteiger partial charge in [-0.05, 0) is 12.8 Å². The third kappa shape index (κ3) is 4.71. The molecule has 0 bridgehead atoms. The van der Waals surface area contributed by atoms with Crippen LogP contribution in [0.5, 0.6) is 0 Å². The van der Waals surface area contributed by atoms with Crippen LogP contribution in [0.25, 0.3) is 0 Å². The smallest absolute Gasteiger partial charge is 0.235 e. The minimum Gasteiger partial charge on any atom is -0.354 e. The predicted molar refractivity (Wildman–Crippen MR) is 78.4 cm³/mol. The van der Waals surface area contributed by atoms with E-state index in [9.17, 15) is 13.2 Å². The van der Waals surface area contributed by atoms with Crippen molar-refractivity contribution in [3.63, 3.8) is 0 Å². The third-order valence-corrected chi connectivity index (χ3v) is 6.25. The molecule has 2 aliphatic rings. The summed E-state index contributed by atoms with van der Waals surface area (Å²) in [6.45, 7) is 5.23. The van der Waals surface area contributed by atoms with Gasteiger partial charge < -0.3 is 10.6 Å².